The van der Waals surface area contributed by atoms with Crippen molar-refractivity contribution in [3.8, 4) is 0 Å². The van der Waals surface area contributed by atoms with Crippen molar-refractivity contribution in [1.82, 2.24) is 16.0 Å². The van der Waals surface area contributed by atoms with Crippen molar-refractivity contribution in [2.75, 3.05) is 26.7 Å². The summed E-state index contributed by atoms with van der Waals surface area (Å²) in [6.07, 6.45) is 0.337. The molecular weight excluding hydrogens is 170 g/mol. The van der Waals surface area contributed by atoms with Crippen molar-refractivity contribution in [3.63, 3.8) is 0 Å². The molecule has 0 atom stereocenters. The van der Waals surface area contributed by atoms with Crippen molar-refractivity contribution in [2.24, 2.45) is 0 Å². The van der Waals surface area contributed by atoms with Crippen molar-refractivity contribution in [2.45, 2.75) is 13.3 Å². The van der Waals surface area contributed by atoms with Crippen molar-refractivity contribution in [3.05, 3.63) is 0 Å². The number of carbonyl (C=O) groups excluding carboxylic acids is 2. The van der Waals surface area contributed by atoms with Crippen LogP contribution in [-0.2, 0) is 9.59 Å². The van der Waals surface area contributed by atoms with Gasteiger partial charge in [-0.25, -0.2) is 0 Å². The highest BCUT2D eigenvalue weighted by molar-refractivity contribution is 5.79. The normalized spacial score (nSPS) is 9.38. The van der Waals surface area contributed by atoms with E-state index in [2.05, 4.69) is 16.0 Å². The lowest BCUT2D eigenvalue weighted by Crippen LogP contribution is -2.35. The van der Waals surface area contributed by atoms with Gasteiger partial charge in [0.15, 0.2) is 0 Å². The first kappa shape index (κ1) is 11.9. The molecule has 13 heavy (non-hydrogen) atoms. The zero-order chi connectivity index (χ0) is 10.1. The summed E-state index contributed by atoms with van der Waals surface area (Å²) in [4.78, 5) is 21.8. The van der Waals surface area contributed by atoms with Gasteiger partial charge in [-0.3, -0.25) is 9.59 Å². The van der Waals surface area contributed by atoms with Crippen LogP contribution in [-0.4, -0.2) is 38.5 Å². The second-order valence-electron chi connectivity index (χ2n) is 2.58. The fraction of sp³-hybridized carbons (Fsp3) is 0.750. The molecule has 2 amide bonds. The Morgan fingerprint density at radius 2 is 1.85 bits per heavy atom. The van der Waals surface area contributed by atoms with E-state index in [1.54, 1.807) is 7.05 Å². The lowest BCUT2D eigenvalue weighted by atomic mass is 10.4. The minimum atomic E-state index is -0.0909. The molecule has 0 saturated carbocycles. The summed E-state index contributed by atoms with van der Waals surface area (Å²) in [6, 6.07) is 0. The number of carbonyl (C=O) groups is 2. The number of likely N-dealkylation sites (N-methyl/N-ethyl adjacent to an activating group) is 1. The summed E-state index contributed by atoms with van der Waals surface area (Å²) < 4.78 is 0. The van der Waals surface area contributed by atoms with Gasteiger partial charge in [0.05, 0.1) is 6.54 Å². The number of amides is 2. The maximum atomic E-state index is 10.9. The third-order valence-corrected chi connectivity index (χ3v) is 1.39. The molecule has 0 aliphatic heterocycles. The van der Waals surface area contributed by atoms with Crippen LogP contribution >= 0.6 is 0 Å². The molecule has 76 valence electrons. The van der Waals surface area contributed by atoms with Gasteiger partial charge in [-0.05, 0) is 14.0 Å². The molecule has 0 aromatic carbocycles. The van der Waals surface area contributed by atoms with Crippen LogP contribution in [0.5, 0.6) is 0 Å². The molecule has 0 aliphatic rings. The molecule has 3 N–H and O–H groups in total. The van der Waals surface area contributed by atoms with Crippen LogP contribution in [0.2, 0.25) is 0 Å². The molecule has 0 unspecified atom stereocenters. The Morgan fingerprint density at radius 3 is 2.38 bits per heavy atom. The van der Waals surface area contributed by atoms with Crippen LogP contribution in [0, 0.1) is 0 Å². The predicted molar refractivity (Wildman–Crippen MR) is 50.2 cm³/mol. The molecule has 0 aliphatic carbocycles. The van der Waals surface area contributed by atoms with Gasteiger partial charge in [-0.2, -0.15) is 0 Å². The Kier molecular flexibility index (Phi) is 6.91. The molecule has 0 saturated heterocycles. The van der Waals surface area contributed by atoms with E-state index in [0.717, 1.165) is 0 Å². The number of hydrogen-bond donors (Lipinski definition) is 3. The van der Waals surface area contributed by atoms with Crippen LogP contribution < -0.4 is 16.0 Å². The highest BCUT2D eigenvalue weighted by Crippen LogP contribution is 1.76. The Bertz CT molecular complexity index is 153. The second kappa shape index (κ2) is 7.54. The summed E-state index contributed by atoms with van der Waals surface area (Å²) >= 11 is 0. The third-order valence-electron chi connectivity index (χ3n) is 1.39. The highest BCUT2D eigenvalue weighted by atomic mass is 16.2. The SMILES string of the molecule is CCNC(=O)CCNC(=O)CNC. The van der Waals surface area contributed by atoms with E-state index in [1.165, 1.54) is 0 Å². The highest BCUT2D eigenvalue weighted by Gasteiger charge is 2.01. The number of nitrogens with one attached hydrogen (secondary N) is 3. The fourth-order valence-electron chi connectivity index (χ4n) is 0.824. The maximum absolute atomic E-state index is 10.9. The average molecular weight is 187 g/mol. The Labute approximate surface area is 78.3 Å². The first-order chi connectivity index (χ1) is 6.20. The largest absolute Gasteiger partial charge is 0.356 e. The molecule has 0 bridgehead atoms. The summed E-state index contributed by atoms with van der Waals surface area (Å²) in [5.41, 5.74) is 0. The van der Waals surface area contributed by atoms with Gasteiger partial charge in [-0.1, -0.05) is 0 Å². The van der Waals surface area contributed by atoms with Gasteiger partial charge in [0.1, 0.15) is 0 Å². The van der Waals surface area contributed by atoms with Crippen LogP contribution in [0.4, 0.5) is 0 Å². The van der Waals surface area contributed by atoms with E-state index in [0.29, 0.717) is 19.5 Å². The van der Waals surface area contributed by atoms with Crippen LogP contribution in [0.25, 0.3) is 0 Å². The topological polar surface area (TPSA) is 70.2 Å². The average Bonchev–Trinajstić information content (AvgIpc) is 2.05. The minimum absolute atomic E-state index is 0.0349. The molecule has 5 nitrogen and oxygen atoms in total. The molecule has 0 aromatic heterocycles. The number of hydrogen-bond acceptors (Lipinski definition) is 3. The zero-order valence-corrected chi connectivity index (χ0v) is 8.14. The van der Waals surface area contributed by atoms with Gasteiger partial charge in [0.2, 0.25) is 11.8 Å². The van der Waals surface area contributed by atoms with E-state index in [9.17, 15) is 9.59 Å². The van der Waals surface area contributed by atoms with Gasteiger partial charge in [0.25, 0.3) is 0 Å². The minimum Gasteiger partial charge on any atom is -0.356 e. The molecular formula is C8H17N3O2. The first-order valence-corrected chi connectivity index (χ1v) is 4.38. The molecule has 0 rings (SSSR count). The van der Waals surface area contributed by atoms with Gasteiger partial charge < -0.3 is 16.0 Å². The Morgan fingerprint density at radius 1 is 1.15 bits per heavy atom. The summed E-state index contributed by atoms with van der Waals surface area (Å²) in [6.45, 7) is 3.17. The predicted octanol–water partition coefficient (Wildman–Crippen LogP) is -1.15. The molecule has 0 spiro atoms. The van der Waals surface area contributed by atoms with Gasteiger partial charge in [-0.15, -0.1) is 0 Å². The zero-order valence-electron chi connectivity index (χ0n) is 8.14. The standard InChI is InChI=1S/C8H17N3O2/c1-3-10-7(12)4-5-11-8(13)6-9-2/h9H,3-6H2,1-2H3,(H,10,12)(H,11,13). The summed E-state index contributed by atoms with van der Waals surface area (Å²) in [5.74, 6) is -0.126. The van der Waals surface area contributed by atoms with Crippen LogP contribution in [0.3, 0.4) is 0 Å². The van der Waals surface area contributed by atoms with Crippen LogP contribution in [0.15, 0.2) is 0 Å². The molecule has 0 heterocycles. The van der Waals surface area contributed by atoms with E-state index < -0.39 is 0 Å². The van der Waals surface area contributed by atoms with E-state index in [4.69, 9.17) is 0 Å². The molecule has 5 heteroatoms. The Balaban J connectivity index is 3.33. The number of rotatable bonds is 6. The van der Waals surface area contributed by atoms with Crippen molar-refractivity contribution >= 4 is 11.8 Å². The van der Waals surface area contributed by atoms with Crippen molar-refractivity contribution < 1.29 is 9.59 Å². The lowest BCUT2D eigenvalue weighted by Gasteiger charge is -2.04. The van der Waals surface area contributed by atoms with Gasteiger partial charge in [0, 0.05) is 19.5 Å². The van der Waals surface area contributed by atoms with Crippen LogP contribution in [0.1, 0.15) is 13.3 Å². The monoisotopic (exact) mass is 187 g/mol. The van der Waals surface area contributed by atoms with Gasteiger partial charge >= 0.3 is 0 Å². The molecule has 0 radical (unpaired) electrons. The van der Waals surface area contributed by atoms with E-state index >= 15 is 0 Å². The molecule has 0 fully saturated rings. The maximum Gasteiger partial charge on any atom is 0.233 e. The third kappa shape index (κ3) is 7.27. The van der Waals surface area contributed by atoms with Crippen molar-refractivity contribution in [1.29, 1.82) is 0 Å². The second-order valence-corrected chi connectivity index (χ2v) is 2.58. The van der Waals surface area contributed by atoms with E-state index in [1.807, 2.05) is 6.92 Å². The smallest absolute Gasteiger partial charge is 0.233 e. The molecule has 0 aromatic rings. The Hall–Kier alpha value is -1.10. The summed E-state index contributed by atoms with van der Waals surface area (Å²) in [7, 11) is 1.70. The van der Waals surface area contributed by atoms with E-state index in [-0.39, 0.29) is 18.4 Å². The summed E-state index contributed by atoms with van der Waals surface area (Å²) in [5, 5.41) is 7.97. The quantitative estimate of drug-likeness (QED) is 0.491. The first-order valence-electron chi connectivity index (χ1n) is 4.38. The fourth-order valence-corrected chi connectivity index (χ4v) is 0.824. The lowest BCUT2D eigenvalue weighted by molar-refractivity contribution is -0.121.